The van der Waals surface area contributed by atoms with Gasteiger partial charge in [-0.1, -0.05) is 0 Å². The van der Waals surface area contributed by atoms with Crippen molar-refractivity contribution < 1.29 is 23.7 Å². The van der Waals surface area contributed by atoms with Gasteiger partial charge in [-0.3, -0.25) is 14.3 Å². The van der Waals surface area contributed by atoms with Crippen molar-refractivity contribution in [1.82, 2.24) is 24.5 Å². The molecule has 0 aliphatic heterocycles. The van der Waals surface area contributed by atoms with Crippen molar-refractivity contribution in [3.8, 4) is 0 Å². The third-order valence-corrected chi connectivity index (χ3v) is 4.86. The Kier molecular flexibility index (Phi) is 11.7. The first kappa shape index (κ1) is 25.4. The molecule has 2 rings (SSSR count). The number of hydrogen-bond acceptors (Lipinski definition) is 8. The highest BCUT2D eigenvalue weighted by Gasteiger charge is 2.13. The predicted octanol–water partition coefficient (Wildman–Crippen LogP) is 1.31. The summed E-state index contributed by atoms with van der Waals surface area (Å²) < 4.78 is 30.4. The smallest absolute Gasteiger partial charge is 0.0902 e. The molecule has 0 aliphatic rings. The van der Waals surface area contributed by atoms with Gasteiger partial charge < -0.3 is 23.7 Å². The molecule has 0 aromatic carbocycles. The fourth-order valence-corrected chi connectivity index (χ4v) is 3.41. The Morgan fingerprint density at radius 1 is 0.645 bits per heavy atom. The van der Waals surface area contributed by atoms with Crippen LogP contribution in [0, 0.1) is 0 Å². The summed E-state index contributed by atoms with van der Waals surface area (Å²) in [7, 11) is 8.45. The maximum Gasteiger partial charge on any atom is 0.0902 e. The summed E-state index contributed by atoms with van der Waals surface area (Å²) in [5.41, 5.74) is 3.90. The van der Waals surface area contributed by atoms with Gasteiger partial charge in [-0.05, 0) is 12.1 Å². The van der Waals surface area contributed by atoms with E-state index in [4.69, 9.17) is 23.7 Å². The van der Waals surface area contributed by atoms with Crippen LogP contribution in [-0.2, 0) is 63.2 Å². The summed E-state index contributed by atoms with van der Waals surface area (Å²) in [5.74, 6) is 0. The van der Waals surface area contributed by atoms with Gasteiger partial charge in [-0.2, -0.15) is 10.2 Å². The molecule has 0 atom stereocenters. The highest BCUT2D eigenvalue weighted by molar-refractivity contribution is 5.10. The molecule has 2 heterocycles. The van der Waals surface area contributed by atoms with Gasteiger partial charge in [0, 0.05) is 55.2 Å². The molecular weight excluding hydrogens is 402 g/mol. The zero-order chi connectivity index (χ0) is 22.5. The van der Waals surface area contributed by atoms with E-state index in [1.165, 1.54) is 0 Å². The lowest BCUT2D eigenvalue weighted by atomic mass is 10.3. The average molecular weight is 440 g/mol. The average Bonchev–Trinajstić information content (AvgIpc) is 3.32. The van der Waals surface area contributed by atoms with Crippen LogP contribution in [0.2, 0.25) is 0 Å². The van der Waals surface area contributed by atoms with Crippen molar-refractivity contribution in [3.05, 3.63) is 34.9 Å². The third kappa shape index (κ3) is 8.32. The molecule has 0 N–H and O–H groups in total. The van der Waals surface area contributed by atoms with Crippen LogP contribution in [0.15, 0.2) is 12.1 Å². The SMILES string of the molecule is COCCN(CCn1nc(COC)cc1COC)CCn1nc(COC)cc1COC. The minimum Gasteiger partial charge on any atom is -0.383 e. The molecule has 0 radical (unpaired) electrons. The van der Waals surface area contributed by atoms with Gasteiger partial charge in [-0.15, -0.1) is 0 Å². The summed E-state index contributed by atoms with van der Waals surface area (Å²) in [6, 6.07) is 4.06. The summed E-state index contributed by atoms with van der Waals surface area (Å²) in [4.78, 5) is 2.35. The van der Waals surface area contributed by atoms with Crippen LogP contribution in [-0.4, -0.2) is 86.3 Å². The van der Waals surface area contributed by atoms with Crippen LogP contribution >= 0.6 is 0 Å². The zero-order valence-electron chi connectivity index (χ0n) is 19.5. The fourth-order valence-electron chi connectivity index (χ4n) is 3.41. The molecule has 0 bridgehead atoms. The summed E-state index contributed by atoms with van der Waals surface area (Å²) in [5, 5.41) is 9.31. The molecule has 0 aliphatic carbocycles. The highest BCUT2D eigenvalue weighted by atomic mass is 16.5. The lowest BCUT2D eigenvalue weighted by Crippen LogP contribution is -2.34. The van der Waals surface area contributed by atoms with Gasteiger partial charge in [0.15, 0.2) is 0 Å². The highest BCUT2D eigenvalue weighted by Crippen LogP contribution is 2.10. The van der Waals surface area contributed by atoms with Crippen LogP contribution in [0.1, 0.15) is 22.8 Å². The van der Waals surface area contributed by atoms with Crippen LogP contribution in [0.3, 0.4) is 0 Å². The van der Waals surface area contributed by atoms with E-state index in [1.54, 1.807) is 35.5 Å². The van der Waals surface area contributed by atoms with Gasteiger partial charge in [0.2, 0.25) is 0 Å². The molecule has 0 spiro atoms. The molecule has 0 saturated carbocycles. The van der Waals surface area contributed by atoms with Crippen molar-refractivity contribution in [3.63, 3.8) is 0 Å². The molecule has 2 aromatic rings. The largest absolute Gasteiger partial charge is 0.383 e. The molecule has 176 valence electrons. The Hall–Kier alpha value is -1.82. The number of methoxy groups -OCH3 is 5. The first-order valence-corrected chi connectivity index (χ1v) is 10.4. The molecule has 2 aromatic heterocycles. The third-order valence-electron chi connectivity index (χ3n) is 4.86. The molecule has 31 heavy (non-hydrogen) atoms. The Morgan fingerprint density at radius 3 is 1.48 bits per heavy atom. The van der Waals surface area contributed by atoms with Crippen molar-refractivity contribution in [2.24, 2.45) is 0 Å². The minimum absolute atomic E-state index is 0.489. The topological polar surface area (TPSA) is 85.0 Å². The Morgan fingerprint density at radius 2 is 1.10 bits per heavy atom. The number of rotatable bonds is 17. The number of hydrogen-bond donors (Lipinski definition) is 0. The molecule has 0 fully saturated rings. The summed E-state index contributed by atoms with van der Waals surface area (Å²) in [6.07, 6.45) is 0. The first-order valence-electron chi connectivity index (χ1n) is 10.4. The van der Waals surface area contributed by atoms with Gasteiger partial charge >= 0.3 is 0 Å². The summed E-state index contributed by atoms with van der Waals surface area (Å²) in [6.45, 7) is 6.68. The van der Waals surface area contributed by atoms with Crippen LogP contribution < -0.4 is 0 Å². The standard InChI is InChI=1S/C21H37N5O5/c1-27-11-10-24(6-8-25-20(16-30-4)12-18(22-25)14-28-2)7-9-26-21(17-31-5)13-19(23-26)15-29-3/h12-13H,6-11,14-17H2,1-5H3. The van der Waals surface area contributed by atoms with Crippen molar-refractivity contribution >= 4 is 0 Å². The monoisotopic (exact) mass is 439 g/mol. The molecule has 0 unspecified atom stereocenters. The number of aromatic nitrogens is 4. The van der Waals surface area contributed by atoms with Gasteiger partial charge in [-0.25, -0.2) is 0 Å². The maximum absolute atomic E-state index is 5.33. The van der Waals surface area contributed by atoms with Crippen LogP contribution in [0.25, 0.3) is 0 Å². The van der Waals surface area contributed by atoms with E-state index in [0.717, 1.165) is 55.5 Å². The maximum atomic E-state index is 5.33. The van der Waals surface area contributed by atoms with E-state index in [0.29, 0.717) is 33.0 Å². The second kappa shape index (κ2) is 14.3. The molecule has 0 amide bonds. The van der Waals surface area contributed by atoms with E-state index in [-0.39, 0.29) is 0 Å². The lowest BCUT2D eigenvalue weighted by Gasteiger charge is -2.23. The molecule has 10 heteroatoms. The normalized spacial score (nSPS) is 11.7. The first-order chi connectivity index (χ1) is 15.1. The van der Waals surface area contributed by atoms with Gasteiger partial charge in [0.1, 0.15) is 0 Å². The fraction of sp³-hybridized carbons (Fsp3) is 0.714. The second-order valence-corrected chi connectivity index (χ2v) is 7.27. The van der Waals surface area contributed by atoms with Gasteiger partial charge in [0.05, 0.1) is 68.9 Å². The quantitative estimate of drug-likeness (QED) is 0.365. The van der Waals surface area contributed by atoms with Crippen LogP contribution in [0.5, 0.6) is 0 Å². The van der Waals surface area contributed by atoms with E-state index in [9.17, 15) is 0 Å². The van der Waals surface area contributed by atoms with Crippen LogP contribution in [0.4, 0.5) is 0 Å². The van der Waals surface area contributed by atoms with E-state index in [1.807, 2.05) is 21.5 Å². The number of nitrogens with zero attached hydrogens (tertiary/aromatic N) is 5. The second-order valence-electron chi connectivity index (χ2n) is 7.27. The Bertz CT molecular complexity index is 690. The van der Waals surface area contributed by atoms with Gasteiger partial charge in [0.25, 0.3) is 0 Å². The van der Waals surface area contributed by atoms with E-state index in [2.05, 4.69) is 15.1 Å². The Balaban J connectivity index is 2.02. The van der Waals surface area contributed by atoms with Crippen molar-refractivity contribution in [2.75, 3.05) is 61.8 Å². The minimum atomic E-state index is 0.489. The number of ether oxygens (including phenoxy) is 5. The van der Waals surface area contributed by atoms with E-state index < -0.39 is 0 Å². The lowest BCUT2D eigenvalue weighted by molar-refractivity contribution is 0.136. The Labute approximate surface area is 185 Å². The molecule has 10 nitrogen and oxygen atoms in total. The summed E-state index contributed by atoms with van der Waals surface area (Å²) >= 11 is 0. The molecular formula is C21H37N5O5. The molecule has 0 saturated heterocycles. The van der Waals surface area contributed by atoms with Crippen molar-refractivity contribution in [1.29, 1.82) is 0 Å². The van der Waals surface area contributed by atoms with Crippen molar-refractivity contribution in [2.45, 2.75) is 39.5 Å². The zero-order valence-corrected chi connectivity index (χ0v) is 19.5. The predicted molar refractivity (Wildman–Crippen MR) is 116 cm³/mol. The van der Waals surface area contributed by atoms with E-state index >= 15 is 0 Å².